The molecule has 0 unspecified atom stereocenters. The van der Waals surface area contributed by atoms with Gasteiger partial charge in [0.2, 0.25) is 5.89 Å². The van der Waals surface area contributed by atoms with E-state index in [0.717, 1.165) is 25.7 Å². The van der Waals surface area contributed by atoms with Crippen molar-refractivity contribution in [3.8, 4) is 23.0 Å². The van der Waals surface area contributed by atoms with Crippen molar-refractivity contribution in [2.24, 2.45) is 11.7 Å². The Morgan fingerprint density at radius 1 is 1.29 bits per heavy atom. The molecule has 2 aliphatic rings. The normalized spacial score (nSPS) is 16.5. The first kappa shape index (κ1) is 22.3. The number of halogens is 2. The molecule has 1 amide bonds. The zero-order valence-corrected chi connectivity index (χ0v) is 18.5. The lowest BCUT2D eigenvalue weighted by atomic mass is 10.2. The summed E-state index contributed by atoms with van der Waals surface area (Å²) in [5, 5.41) is 7.04. The number of ether oxygens (including phenoxy) is 2. The van der Waals surface area contributed by atoms with Crippen molar-refractivity contribution in [3.63, 3.8) is 0 Å². The minimum atomic E-state index is -2.99. The summed E-state index contributed by atoms with van der Waals surface area (Å²) in [4.78, 5) is 17.3. The van der Waals surface area contributed by atoms with Gasteiger partial charge in [0.05, 0.1) is 30.6 Å². The predicted octanol–water partition coefficient (Wildman–Crippen LogP) is 4.54. The fraction of sp³-hybridized carbons (Fsp3) is 0.435. The van der Waals surface area contributed by atoms with Crippen LogP contribution in [0, 0.1) is 5.92 Å². The smallest absolute Gasteiger partial charge is 0.387 e. The number of hydrogen-bond acceptors (Lipinski definition) is 7. The Hall–Kier alpha value is -3.47. The van der Waals surface area contributed by atoms with Crippen LogP contribution in [-0.4, -0.2) is 33.9 Å². The molecule has 0 saturated heterocycles. The third-order valence-electron chi connectivity index (χ3n) is 5.64. The van der Waals surface area contributed by atoms with Gasteiger partial charge in [0.25, 0.3) is 5.91 Å². The molecule has 2 fully saturated rings. The van der Waals surface area contributed by atoms with E-state index in [4.69, 9.17) is 14.9 Å². The highest BCUT2D eigenvalue weighted by molar-refractivity contribution is 6.03. The molecule has 2 aromatic heterocycles. The summed E-state index contributed by atoms with van der Waals surface area (Å²) in [6, 6.07) is 4.17. The second-order valence-electron chi connectivity index (χ2n) is 8.71. The average Bonchev–Trinajstić information content (AvgIpc) is 3.72. The minimum absolute atomic E-state index is 0.0394. The van der Waals surface area contributed by atoms with E-state index in [1.165, 1.54) is 18.2 Å². The maximum atomic E-state index is 13.0. The maximum absolute atomic E-state index is 13.0. The molecule has 9 nitrogen and oxygen atoms in total. The van der Waals surface area contributed by atoms with Crippen molar-refractivity contribution in [1.82, 2.24) is 14.8 Å². The summed E-state index contributed by atoms with van der Waals surface area (Å²) in [5.74, 6) is 0.323. The van der Waals surface area contributed by atoms with Crippen LogP contribution in [0.1, 0.15) is 60.9 Å². The number of nitrogens with two attached hydrogens (primary N) is 1. The number of carbonyl (C=O) groups is 1. The van der Waals surface area contributed by atoms with Gasteiger partial charge < -0.3 is 24.9 Å². The molecular weight excluding hydrogens is 448 g/mol. The van der Waals surface area contributed by atoms with Gasteiger partial charge in [-0.05, 0) is 56.7 Å². The first-order chi connectivity index (χ1) is 16.4. The summed E-state index contributed by atoms with van der Waals surface area (Å²) in [7, 11) is 0. The van der Waals surface area contributed by atoms with Crippen LogP contribution >= 0.6 is 0 Å². The molecule has 0 radical (unpaired) electrons. The Morgan fingerprint density at radius 2 is 2.09 bits per heavy atom. The van der Waals surface area contributed by atoms with Crippen LogP contribution in [0.25, 0.3) is 11.5 Å². The fourth-order valence-electron chi connectivity index (χ4n) is 3.50. The molecule has 2 saturated carbocycles. The fourth-order valence-corrected chi connectivity index (χ4v) is 3.50. The van der Waals surface area contributed by atoms with Crippen LogP contribution in [0.2, 0.25) is 0 Å². The number of benzene rings is 1. The van der Waals surface area contributed by atoms with Crippen molar-refractivity contribution in [1.29, 1.82) is 0 Å². The third-order valence-corrected chi connectivity index (χ3v) is 5.64. The highest BCUT2D eigenvalue weighted by Crippen LogP contribution is 2.37. The lowest BCUT2D eigenvalue weighted by molar-refractivity contribution is -0.0515. The van der Waals surface area contributed by atoms with E-state index in [9.17, 15) is 13.6 Å². The molecule has 1 aromatic carbocycles. The number of hydrogen-bond donors (Lipinski definition) is 2. The third kappa shape index (κ3) is 5.04. The topological polar surface area (TPSA) is 117 Å². The Morgan fingerprint density at radius 3 is 2.76 bits per heavy atom. The Kier molecular flexibility index (Phi) is 5.94. The van der Waals surface area contributed by atoms with E-state index in [0.29, 0.717) is 29.8 Å². The monoisotopic (exact) mass is 473 g/mol. The quantitative estimate of drug-likeness (QED) is 0.444. The molecule has 34 heavy (non-hydrogen) atoms. The van der Waals surface area contributed by atoms with E-state index in [1.54, 1.807) is 19.3 Å². The summed E-state index contributed by atoms with van der Waals surface area (Å²) >= 11 is 0. The van der Waals surface area contributed by atoms with Crippen LogP contribution in [0.5, 0.6) is 11.5 Å². The zero-order valence-electron chi connectivity index (χ0n) is 18.5. The van der Waals surface area contributed by atoms with Gasteiger partial charge in [0, 0.05) is 11.8 Å². The largest absolute Gasteiger partial charge is 0.489 e. The molecule has 0 bridgehead atoms. The Bertz CT molecular complexity index is 1180. The van der Waals surface area contributed by atoms with E-state index in [2.05, 4.69) is 20.1 Å². The molecule has 2 aliphatic carbocycles. The molecule has 11 heteroatoms. The van der Waals surface area contributed by atoms with Crippen LogP contribution in [0.15, 0.2) is 35.0 Å². The number of aromatic nitrogens is 3. The number of carbonyl (C=O) groups excluding carboxylic acids is 1. The van der Waals surface area contributed by atoms with Gasteiger partial charge in [-0.1, -0.05) is 0 Å². The number of oxazole rings is 1. The number of anilines is 1. The molecular formula is C23H25F2N5O4. The van der Waals surface area contributed by atoms with Crippen molar-refractivity contribution < 1.29 is 27.5 Å². The van der Waals surface area contributed by atoms with Gasteiger partial charge in [0.1, 0.15) is 0 Å². The van der Waals surface area contributed by atoms with Gasteiger partial charge in [-0.2, -0.15) is 13.9 Å². The average molecular weight is 473 g/mol. The van der Waals surface area contributed by atoms with Crippen molar-refractivity contribution in [3.05, 3.63) is 42.0 Å². The van der Waals surface area contributed by atoms with Crippen molar-refractivity contribution in [2.45, 2.75) is 51.3 Å². The minimum Gasteiger partial charge on any atom is -0.489 e. The van der Waals surface area contributed by atoms with Crippen LogP contribution in [0.4, 0.5) is 14.5 Å². The molecule has 0 spiro atoms. The van der Waals surface area contributed by atoms with Crippen molar-refractivity contribution in [2.75, 3.05) is 11.9 Å². The van der Waals surface area contributed by atoms with Crippen LogP contribution in [0.3, 0.4) is 0 Å². The number of amides is 1. The number of nitrogens with zero attached hydrogens (tertiary/aromatic N) is 3. The van der Waals surface area contributed by atoms with E-state index < -0.39 is 18.6 Å². The van der Waals surface area contributed by atoms with Gasteiger partial charge in [-0.25, -0.2) is 4.98 Å². The molecule has 3 N–H and O–H groups in total. The Labute approximate surface area is 194 Å². The first-order valence-corrected chi connectivity index (χ1v) is 11.2. The SMILES string of the molecule is C[C@H](N)c1oc(-c2ccc(OC(F)F)c(OCC3CC3)c2)nc1C(=O)Nc1cnn(C2CC2)c1. The van der Waals surface area contributed by atoms with E-state index >= 15 is 0 Å². The second-order valence-corrected chi connectivity index (χ2v) is 8.71. The van der Waals surface area contributed by atoms with Crippen LogP contribution in [-0.2, 0) is 0 Å². The highest BCUT2D eigenvalue weighted by atomic mass is 19.3. The number of rotatable bonds is 10. The summed E-state index contributed by atoms with van der Waals surface area (Å²) in [5.41, 5.74) is 7.05. The molecule has 1 atom stereocenters. The van der Waals surface area contributed by atoms with Crippen LogP contribution < -0.4 is 20.5 Å². The number of alkyl halides is 2. The summed E-state index contributed by atoms with van der Waals surface area (Å²) in [6.07, 6.45) is 7.58. The van der Waals surface area contributed by atoms with E-state index in [-0.39, 0.29) is 28.8 Å². The molecule has 3 aromatic rings. The van der Waals surface area contributed by atoms with E-state index in [1.807, 2.05) is 4.68 Å². The van der Waals surface area contributed by atoms with Gasteiger partial charge in [-0.15, -0.1) is 0 Å². The lowest BCUT2D eigenvalue weighted by Crippen LogP contribution is -2.17. The summed E-state index contributed by atoms with van der Waals surface area (Å²) in [6.45, 7) is -0.905. The highest BCUT2D eigenvalue weighted by Gasteiger charge is 2.27. The molecule has 0 aliphatic heterocycles. The molecule has 5 rings (SSSR count). The number of nitrogens with one attached hydrogen (secondary N) is 1. The summed E-state index contributed by atoms with van der Waals surface area (Å²) < 4.78 is 43.6. The second kappa shape index (κ2) is 9.05. The van der Waals surface area contributed by atoms with Gasteiger partial charge >= 0.3 is 6.61 Å². The molecule has 180 valence electrons. The zero-order chi connectivity index (χ0) is 23.8. The lowest BCUT2D eigenvalue weighted by Gasteiger charge is -2.12. The predicted molar refractivity (Wildman–Crippen MR) is 118 cm³/mol. The molecule has 2 heterocycles. The maximum Gasteiger partial charge on any atom is 0.387 e. The Balaban J connectivity index is 1.40. The standard InChI is InChI=1S/C23H25F2N5O4/c1-12(26)20-19(21(31)28-15-9-27-30(10-15)16-5-6-16)29-22(34-20)14-4-7-17(33-23(24)25)18(8-14)32-11-13-2-3-13/h4,7-10,12-13,16,23H,2-3,5-6,11,26H2,1H3,(H,28,31)/t12-/m0/s1. The van der Waals surface area contributed by atoms with Gasteiger partial charge in [0.15, 0.2) is 23.0 Å². The van der Waals surface area contributed by atoms with Gasteiger partial charge in [-0.3, -0.25) is 9.48 Å². The van der Waals surface area contributed by atoms with Crippen molar-refractivity contribution >= 4 is 11.6 Å². The first-order valence-electron chi connectivity index (χ1n) is 11.2.